The van der Waals surface area contributed by atoms with Crippen molar-refractivity contribution in [3.05, 3.63) is 36.0 Å². The maximum atomic E-state index is 4.02. The quantitative estimate of drug-likeness (QED) is 0.823. The third-order valence-corrected chi connectivity index (χ3v) is 7.09. The van der Waals surface area contributed by atoms with E-state index in [-0.39, 0.29) is 0 Å². The molecule has 4 bridgehead atoms. The highest BCUT2D eigenvalue weighted by molar-refractivity contribution is 5.83. The van der Waals surface area contributed by atoms with Crippen molar-refractivity contribution in [3.63, 3.8) is 0 Å². The van der Waals surface area contributed by atoms with Crippen LogP contribution in [0, 0.1) is 23.7 Å². The van der Waals surface area contributed by atoms with Crippen LogP contribution in [0.1, 0.15) is 51.0 Å². The van der Waals surface area contributed by atoms with Gasteiger partial charge in [0.2, 0.25) is 0 Å². The summed E-state index contributed by atoms with van der Waals surface area (Å²) in [6, 6.07) is 9.72. The topological polar surface area (TPSA) is 17.0 Å². The summed E-state index contributed by atoms with van der Waals surface area (Å²) in [5.74, 6) is 4.06. The lowest BCUT2D eigenvalue weighted by molar-refractivity contribution is -0.0142. The average Bonchev–Trinajstić information content (AvgIpc) is 2.92. The van der Waals surface area contributed by atoms with Gasteiger partial charge in [0.25, 0.3) is 0 Å². The number of hydrogen-bond donors (Lipinski definition) is 1. The molecule has 0 radical (unpaired) electrons. The molecule has 2 aromatic rings. The standard InChI is InChI=1S/C22H30N2/c1-2-7-24-14-19(20-5-3-4-6-21(20)24)13-23-22-17-9-15-8-16(11-17)12-18(22)10-15/h3-6,14-18,22-23H,2,7-13H2,1H3. The minimum absolute atomic E-state index is 0.783. The van der Waals surface area contributed by atoms with Crippen LogP contribution in [0.25, 0.3) is 10.9 Å². The Morgan fingerprint density at radius 2 is 1.71 bits per heavy atom. The van der Waals surface area contributed by atoms with Crippen molar-refractivity contribution in [3.8, 4) is 0 Å². The SMILES string of the molecule is CCCn1cc(CNC2C3CC4CC(C3)CC2C4)c2ccccc21. The van der Waals surface area contributed by atoms with Crippen LogP contribution in [0.3, 0.4) is 0 Å². The second-order valence-electron chi connectivity index (χ2n) is 8.70. The van der Waals surface area contributed by atoms with Gasteiger partial charge in [-0.2, -0.15) is 0 Å². The zero-order valence-corrected chi connectivity index (χ0v) is 14.9. The number of hydrogen-bond acceptors (Lipinski definition) is 1. The fourth-order valence-electron chi connectivity index (χ4n) is 6.38. The fraction of sp³-hybridized carbons (Fsp3) is 0.636. The van der Waals surface area contributed by atoms with Gasteiger partial charge in [-0.05, 0) is 73.8 Å². The molecular formula is C22H30N2. The lowest BCUT2D eigenvalue weighted by Gasteiger charge is -2.54. The number of aromatic nitrogens is 1. The van der Waals surface area contributed by atoms with Crippen LogP contribution in [0.5, 0.6) is 0 Å². The summed E-state index contributed by atoms with van der Waals surface area (Å²) >= 11 is 0. The largest absolute Gasteiger partial charge is 0.347 e. The van der Waals surface area contributed by atoms with Gasteiger partial charge in [0.15, 0.2) is 0 Å². The van der Waals surface area contributed by atoms with Crippen LogP contribution in [0.4, 0.5) is 0 Å². The number of rotatable bonds is 5. The second-order valence-corrected chi connectivity index (χ2v) is 8.70. The molecule has 1 aromatic heterocycles. The predicted molar refractivity (Wildman–Crippen MR) is 99.9 cm³/mol. The predicted octanol–water partition coefficient (Wildman–Crippen LogP) is 4.97. The van der Waals surface area contributed by atoms with Crippen LogP contribution >= 0.6 is 0 Å². The van der Waals surface area contributed by atoms with Crippen molar-refractivity contribution >= 4 is 10.9 Å². The van der Waals surface area contributed by atoms with Gasteiger partial charge in [0.05, 0.1) is 0 Å². The molecule has 4 aliphatic carbocycles. The maximum absolute atomic E-state index is 4.02. The van der Waals surface area contributed by atoms with Crippen LogP contribution in [0.15, 0.2) is 30.5 Å². The third kappa shape index (κ3) is 2.42. The van der Waals surface area contributed by atoms with Gasteiger partial charge < -0.3 is 9.88 Å². The Hall–Kier alpha value is -1.28. The highest BCUT2D eigenvalue weighted by Gasteiger charge is 2.47. The molecule has 0 amide bonds. The molecule has 1 aromatic carbocycles. The molecule has 4 saturated carbocycles. The van der Waals surface area contributed by atoms with Crippen molar-refractivity contribution < 1.29 is 0 Å². The van der Waals surface area contributed by atoms with Gasteiger partial charge in [-0.15, -0.1) is 0 Å². The van der Waals surface area contributed by atoms with Crippen LogP contribution < -0.4 is 5.32 Å². The second kappa shape index (κ2) is 5.91. The highest BCUT2D eigenvalue weighted by Crippen LogP contribution is 2.53. The van der Waals surface area contributed by atoms with Gasteiger partial charge in [-0.3, -0.25) is 0 Å². The molecule has 1 heterocycles. The molecule has 0 unspecified atom stereocenters. The first-order chi connectivity index (χ1) is 11.8. The van der Waals surface area contributed by atoms with Gasteiger partial charge >= 0.3 is 0 Å². The lowest BCUT2D eigenvalue weighted by atomic mass is 9.54. The van der Waals surface area contributed by atoms with Crippen molar-refractivity contribution in [2.24, 2.45) is 23.7 Å². The molecule has 2 nitrogen and oxygen atoms in total. The number of nitrogens with zero attached hydrogens (tertiary/aromatic N) is 1. The first kappa shape index (κ1) is 15.0. The van der Waals surface area contributed by atoms with E-state index in [1.165, 1.54) is 48.6 Å². The van der Waals surface area contributed by atoms with E-state index in [0.29, 0.717) is 0 Å². The zero-order valence-electron chi connectivity index (χ0n) is 14.9. The van der Waals surface area contributed by atoms with E-state index in [2.05, 4.69) is 47.3 Å². The zero-order chi connectivity index (χ0) is 16.1. The molecule has 24 heavy (non-hydrogen) atoms. The fourth-order valence-corrected chi connectivity index (χ4v) is 6.38. The number of benzene rings is 1. The molecule has 0 spiro atoms. The Bertz CT molecular complexity index is 701. The molecule has 1 N–H and O–H groups in total. The molecule has 6 rings (SSSR count). The Balaban J connectivity index is 1.36. The minimum Gasteiger partial charge on any atom is -0.347 e. The summed E-state index contributed by atoms with van der Waals surface area (Å²) in [6.45, 7) is 4.43. The summed E-state index contributed by atoms with van der Waals surface area (Å²) in [6.07, 6.45) is 11.2. The van der Waals surface area contributed by atoms with E-state index >= 15 is 0 Å². The Morgan fingerprint density at radius 3 is 2.42 bits per heavy atom. The van der Waals surface area contributed by atoms with E-state index in [4.69, 9.17) is 0 Å². The van der Waals surface area contributed by atoms with Crippen LogP contribution in [-0.2, 0) is 13.1 Å². The van der Waals surface area contributed by atoms with E-state index < -0.39 is 0 Å². The molecule has 0 aliphatic heterocycles. The van der Waals surface area contributed by atoms with Crippen molar-refractivity contribution in [2.75, 3.05) is 0 Å². The molecule has 0 atom stereocenters. The highest BCUT2D eigenvalue weighted by atomic mass is 15.0. The number of fused-ring (bicyclic) bond motifs is 1. The molecule has 4 fully saturated rings. The smallest absolute Gasteiger partial charge is 0.0483 e. The summed E-state index contributed by atoms with van der Waals surface area (Å²) in [7, 11) is 0. The summed E-state index contributed by atoms with van der Waals surface area (Å²) in [5, 5.41) is 5.46. The normalized spacial score (nSPS) is 34.3. The molecule has 4 aliphatic rings. The maximum Gasteiger partial charge on any atom is 0.0483 e. The van der Waals surface area contributed by atoms with Gasteiger partial charge in [0.1, 0.15) is 0 Å². The monoisotopic (exact) mass is 322 g/mol. The van der Waals surface area contributed by atoms with Gasteiger partial charge in [-0.25, -0.2) is 0 Å². The van der Waals surface area contributed by atoms with Crippen molar-refractivity contribution in [2.45, 2.75) is 64.6 Å². The Morgan fingerprint density at radius 1 is 1.00 bits per heavy atom. The Kier molecular flexibility index (Phi) is 3.70. The van der Waals surface area contributed by atoms with Crippen LogP contribution in [0.2, 0.25) is 0 Å². The summed E-state index contributed by atoms with van der Waals surface area (Å²) in [4.78, 5) is 0. The number of nitrogens with one attached hydrogen (secondary N) is 1. The number of aryl methyl sites for hydroxylation is 1. The average molecular weight is 322 g/mol. The van der Waals surface area contributed by atoms with Crippen molar-refractivity contribution in [1.29, 1.82) is 0 Å². The molecule has 2 heteroatoms. The van der Waals surface area contributed by atoms with E-state index in [0.717, 1.165) is 42.8 Å². The minimum atomic E-state index is 0.783. The van der Waals surface area contributed by atoms with E-state index in [1.807, 2.05) is 0 Å². The summed E-state index contributed by atoms with van der Waals surface area (Å²) < 4.78 is 2.45. The first-order valence-electron chi connectivity index (χ1n) is 10.1. The lowest BCUT2D eigenvalue weighted by Crippen LogP contribution is -2.54. The molecule has 128 valence electrons. The molecule has 0 saturated heterocycles. The van der Waals surface area contributed by atoms with E-state index in [1.54, 1.807) is 6.42 Å². The van der Waals surface area contributed by atoms with Gasteiger partial charge in [-0.1, -0.05) is 25.1 Å². The van der Waals surface area contributed by atoms with Crippen LogP contribution in [-0.4, -0.2) is 10.6 Å². The van der Waals surface area contributed by atoms with Gasteiger partial charge in [0, 0.05) is 36.2 Å². The molecular weight excluding hydrogens is 292 g/mol. The number of para-hydroxylation sites is 1. The van der Waals surface area contributed by atoms with Crippen molar-refractivity contribution in [1.82, 2.24) is 9.88 Å². The Labute approximate surface area is 145 Å². The summed E-state index contributed by atoms with van der Waals surface area (Å²) in [5.41, 5.74) is 2.90. The third-order valence-electron chi connectivity index (χ3n) is 7.09. The first-order valence-corrected chi connectivity index (χ1v) is 10.1. The van der Waals surface area contributed by atoms with E-state index in [9.17, 15) is 0 Å².